The van der Waals surface area contributed by atoms with Crippen molar-refractivity contribution in [3.05, 3.63) is 0 Å². The molecule has 0 atom stereocenters. The van der Waals surface area contributed by atoms with Crippen LogP contribution in [-0.2, 0) is 9.59 Å². The fourth-order valence-corrected chi connectivity index (χ4v) is 2.24. The number of carbonyl (C=O) groups excluding carboxylic acids is 2. The summed E-state index contributed by atoms with van der Waals surface area (Å²) < 4.78 is 0. The first kappa shape index (κ1) is 16.9. The lowest BCUT2D eigenvalue weighted by atomic mass is 10.3. The quantitative estimate of drug-likeness (QED) is 0.676. The number of carbonyl (C=O) groups is 2. The number of nitrogens with zero attached hydrogens (tertiary/aromatic N) is 5. The van der Waals surface area contributed by atoms with Crippen molar-refractivity contribution in [2.24, 2.45) is 0 Å². The largest absolute Gasteiger partial charge is 0.340 e. The van der Waals surface area contributed by atoms with Crippen LogP contribution in [0.2, 0.25) is 0 Å². The van der Waals surface area contributed by atoms with Gasteiger partial charge >= 0.3 is 0 Å². The zero-order valence-corrected chi connectivity index (χ0v) is 12.4. The summed E-state index contributed by atoms with van der Waals surface area (Å²) in [6.45, 7) is 5.19. The molecule has 1 heterocycles. The van der Waals surface area contributed by atoms with Gasteiger partial charge in [-0.3, -0.25) is 14.5 Å². The second kappa shape index (κ2) is 8.93. The van der Waals surface area contributed by atoms with Crippen LogP contribution < -0.4 is 0 Å². The van der Waals surface area contributed by atoms with Crippen molar-refractivity contribution in [1.29, 1.82) is 10.5 Å². The van der Waals surface area contributed by atoms with Crippen molar-refractivity contribution in [3.63, 3.8) is 0 Å². The Morgan fingerprint density at radius 3 is 2.00 bits per heavy atom. The third-order valence-corrected chi connectivity index (χ3v) is 3.52. The van der Waals surface area contributed by atoms with E-state index in [0.29, 0.717) is 39.3 Å². The van der Waals surface area contributed by atoms with E-state index in [-0.39, 0.29) is 31.2 Å². The predicted molar refractivity (Wildman–Crippen MR) is 75.7 cm³/mol. The normalized spacial score (nSPS) is 15.1. The third kappa shape index (κ3) is 5.80. The number of nitriles is 2. The van der Waals surface area contributed by atoms with E-state index in [1.54, 1.807) is 16.7 Å². The van der Waals surface area contributed by atoms with Gasteiger partial charge in [0.05, 0.1) is 31.5 Å². The monoisotopic (exact) mass is 291 g/mol. The first-order valence-electron chi connectivity index (χ1n) is 7.08. The van der Waals surface area contributed by atoms with Crippen LogP contribution in [0.3, 0.4) is 0 Å². The summed E-state index contributed by atoms with van der Waals surface area (Å²) in [7, 11) is 0. The number of rotatable bonds is 6. The smallest absolute Gasteiger partial charge is 0.236 e. The highest BCUT2D eigenvalue weighted by atomic mass is 16.2. The van der Waals surface area contributed by atoms with Crippen molar-refractivity contribution >= 4 is 11.8 Å². The van der Waals surface area contributed by atoms with Crippen LogP contribution in [0.1, 0.15) is 19.8 Å². The average molecular weight is 291 g/mol. The third-order valence-electron chi connectivity index (χ3n) is 3.52. The summed E-state index contributed by atoms with van der Waals surface area (Å²) >= 11 is 0. The number of hydrogen-bond donors (Lipinski definition) is 0. The van der Waals surface area contributed by atoms with Gasteiger partial charge in [0, 0.05) is 46.2 Å². The van der Waals surface area contributed by atoms with Gasteiger partial charge in [-0.2, -0.15) is 10.5 Å². The van der Waals surface area contributed by atoms with E-state index in [1.807, 2.05) is 17.0 Å². The molecule has 1 aliphatic rings. The molecule has 1 aliphatic heterocycles. The van der Waals surface area contributed by atoms with E-state index in [2.05, 4.69) is 0 Å². The van der Waals surface area contributed by atoms with Crippen LogP contribution in [0.15, 0.2) is 0 Å². The molecule has 0 aliphatic carbocycles. The summed E-state index contributed by atoms with van der Waals surface area (Å²) in [5.74, 6) is 0.00224. The van der Waals surface area contributed by atoms with Gasteiger partial charge in [0.25, 0.3) is 0 Å². The van der Waals surface area contributed by atoms with Crippen molar-refractivity contribution in [2.75, 3.05) is 45.8 Å². The minimum absolute atomic E-state index is 0.0585. The highest BCUT2D eigenvalue weighted by Crippen LogP contribution is 2.04. The van der Waals surface area contributed by atoms with Crippen molar-refractivity contribution < 1.29 is 9.59 Å². The lowest BCUT2D eigenvalue weighted by Gasteiger charge is -2.34. The molecule has 0 N–H and O–H groups in total. The van der Waals surface area contributed by atoms with E-state index in [4.69, 9.17) is 10.5 Å². The number of hydrogen-bond acceptors (Lipinski definition) is 5. The fourth-order valence-electron chi connectivity index (χ4n) is 2.24. The van der Waals surface area contributed by atoms with Crippen LogP contribution in [-0.4, -0.2) is 72.3 Å². The molecule has 0 radical (unpaired) electrons. The van der Waals surface area contributed by atoms with Crippen LogP contribution in [0.4, 0.5) is 0 Å². The van der Waals surface area contributed by atoms with Crippen LogP contribution in [0.25, 0.3) is 0 Å². The molecule has 7 nitrogen and oxygen atoms in total. The molecule has 1 saturated heterocycles. The fraction of sp³-hybridized carbons (Fsp3) is 0.714. The maximum Gasteiger partial charge on any atom is 0.236 e. The van der Waals surface area contributed by atoms with Crippen LogP contribution >= 0.6 is 0 Å². The van der Waals surface area contributed by atoms with Gasteiger partial charge in [-0.15, -0.1) is 0 Å². The number of amides is 2. The highest BCUT2D eigenvalue weighted by molar-refractivity contribution is 5.78. The van der Waals surface area contributed by atoms with Gasteiger partial charge in [0.2, 0.25) is 11.8 Å². The molecule has 2 amide bonds. The Labute approximate surface area is 125 Å². The summed E-state index contributed by atoms with van der Waals surface area (Å²) in [4.78, 5) is 28.8. The molecular formula is C14H21N5O2. The van der Waals surface area contributed by atoms with Gasteiger partial charge < -0.3 is 9.80 Å². The Kier molecular flexibility index (Phi) is 7.20. The molecule has 0 bridgehead atoms. The molecule has 0 saturated carbocycles. The minimum Gasteiger partial charge on any atom is -0.340 e. The maximum absolute atomic E-state index is 12.2. The second-order valence-corrected chi connectivity index (χ2v) is 4.98. The van der Waals surface area contributed by atoms with E-state index in [1.165, 1.54) is 0 Å². The first-order valence-corrected chi connectivity index (χ1v) is 7.08. The average Bonchev–Trinajstić information content (AvgIpc) is 2.47. The Morgan fingerprint density at radius 1 is 1.05 bits per heavy atom. The first-order chi connectivity index (χ1) is 10.1. The molecule has 0 aromatic heterocycles. The Hall–Kier alpha value is -2.12. The van der Waals surface area contributed by atoms with Gasteiger partial charge in [-0.25, -0.2) is 0 Å². The highest BCUT2D eigenvalue weighted by Gasteiger charge is 2.22. The van der Waals surface area contributed by atoms with Crippen molar-refractivity contribution in [2.45, 2.75) is 19.8 Å². The lowest BCUT2D eigenvalue weighted by Crippen LogP contribution is -2.51. The van der Waals surface area contributed by atoms with Gasteiger partial charge in [-0.05, 0) is 0 Å². The molecule has 0 aromatic rings. The van der Waals surface area contributed by atoms with E-state index >= 15 is 0 Å². The minimum atomic E-state index is -0.0585. The van der Waals surface area contributed by atoms with Gasteiger partial charge in [0.1, 0.15) is 0 Å². The summed E-state index contributed by atoms with van der Waals surface area (Å²) in [5, 5.41) is 17.2. The molecule has 21 heavy (non-hydrogen) atoms. The maximum atomic E-state index is 12.2. The lowest BCUT2D eigenvalue weighted by molar-refractivity contribution is -0.134. The molecule has 0 aromatic carbocycles. The summed E-state index contributed by atoms with van der Waals surface area (Å²) in [5.41, 5.74) is 0. The van der Waals surface area contributed by atoms with Crippen LogP contribution in [0, 0.1) is 22.7 Å². The Bertz CT molecular complexity index is 425. The van der Waals surface area contributed by atoms with E-state index < -0.39 is 0 Å². The van der Waals surface area contributed by atoms with Crippen molar-refractivity contribution in [3.8, 4) is 12.1 Å². The van der Waals surface area contributed by atoms with Crippen LogP contribution in [0.5, 0.6) is 0 Å². The molecule has 0 unspecified atom stereocenters. The zero-order valence-electron chi connectivity index (χ0n) is 12.4. The topological polar surface area (TPSA) is 91.4 Å². The predicted octanol–water partition coefficient (Wildman–Crippen LogP) is -0.194. The Morgan fingerprint density at radius 2 is 1.57 bits per heavy atom. The molecule has 1 fully saturated rings. The standard InChI is InChI=1S/C14H21N5O2/c1-13(20)18-10-8-17(9-11-18)12-14(21)19(6-2-4-15)7-3-5-16/h2-3,6-12H2,1H3. The molecular weight excluding hydrogens is 270 g/mol. The molecule has 7 heteroatoms. The van der Waals surface area contributed by atoms with Gasteiger partial charge in [0.15, 0.2) is 0 Å². The molecule has 0 spiro atoms. The zero-order chi connectivity index (χ0) is 15.7. The second-order valence-electron chi connectivity index (χ2n) is 4.98. The van der Waals surface area contributed by atoms with Crippen molar-refractivity contribution in [1.82, 2.24) is 14.7 Å². The SMILES string of the molecule is CC(=O)N1CCN(CC(=O)N(CCC#N)CCC#N)CC1. The summed E-state index contributed by atoms with van der Waals surface area (Å²) in [6, 6.07) is 4.03. The number of piperazine rings is 1. The van der Waals surface area contributed by atoms with Gasteiger partial charge in [-0.1, -0.05) is 0 Å². The summed E-state index contributed by atoms with van der Waals surface area (Å²) in [6.07, 6.45) is 0.546. The van der Waals surface area contributed by atoms with E-state index in [0.717, 1.165) is 0 Å². The Balaban J connectivity index is 2.44. The molecule has 114 valence electrons. The van der Waals surface area contributed by atoms with E-state index in [9.17, 15) is 9.59 Å². The molecule has 1 rings (SSSR count).